The van der Waals surface area contributed by atoms with E-state index in [1.54, 1.807) is 6.92 Å². The summed E-state index contributed by atoms with van der Waals surface area (Å²) in [7, 11) is -3.04. The number of rotatable bonds is 7. The molecule has 2 rings (SSSR count). The average molecular weight is 300 g/mol. The van der Waals surface area contributed by atoms with Gasteiger partial charge in [-0.1, -0.05) is 0 Å². The molecule has 0 aliphatic carbocycles. The minimum Gasteiger partial charge on any atom is -0.303 e. The van der Waals surface area contributed by atoms with Crippen LogP contribution in [0.3, 0.4) is 0 Å². The van der Waals surface area contributed by atoms with E-state index in [1.807, 2.05) is 23.1 Å². The van der Waals surface area contributed by atoms with Gasteiger partial charge < -0.3 is 4.90 Å². The molecule has 20 heavy (non-hydrogen) atoms. The smallest absolute Gasteiger partial charge is 0.211 e. The lowest BCUT2D eigenvalue weighted by Gasteiger charge is -2.32. The lowest BCUT2D eigenvalue weighted by atomic mass is 10.1. The van der Waals surface area contributed by atoms with Gasteiger partial charge >= 0.3 is 0 Å². The van der Waals surface area contributed by atoms with Gasteiger partial charge in [-0.15, -0.1) is 0 Å². The summed E-state index contributed by atoms with van der Waals surface area (Å²) in [6.45, 7) is 5.27. The maximum Gasteiger partial charge on any atom is 0.211 e. The van der Waals surface area contributed by atoms with Crippen molar-refractivity contribution in [2.75, 3.05) is 31.9 Å². The first-order chi connectivity index (χ1) is 9.61. The first kappa shape index (κ1) is 15.5. The maximum absolute atomic E-state index is 11.3. The van der Waals surface area contributed by atoms with Crippen molar-refractivity contribution in [3.8, 4) is 0 Å². The highest BCUT2D eigenvalue weighted by molar-refractivity contribution is 7.89. The van der Waals surface area contributed by atoms with Crippen LogP contribution in [-0.4, -0.2) is 55.0 Å². The van der Waals surface area contributed by atoms with Crippen molar-refractivity contribution in [2.45, 2.75) is 32.2 Å². The van der Waals surface area contributed by atoms with Crippen LogP contribution in [0.2, 0.25) is 0 Å². The molecule has 1 saturated heterocycles. The Bertz CT molecular complexity index is 478. The van der Waals surface area contributed by atoms with Crippen molar-refractivity contribution >= 4 is 10.0 Å². The third kappa shape index (κ3) is 4.57. The van der Waals surface area contributed by atoms with Crippen molar-refractivity contribution in [1.29, 1.82) is 0 Å². The number of aromatic nitrogens is 2. The lowest BCUT2D eigenvalue weighted by Crippen LogP contribution is -2.37. The monoisotopic (exact) mass is 300 g/mol. The van der Waals surface area contributed by atoms with E-state index in [0.29, 0.717) is 12.6 Å². The number of nitrogens with zero attached hydrogens (tertiary/aromatic N) is 3. The number of likely N-dealkylation sites (tertiary alicyclic amines) is 1. The molecule has 1 aromatic heterocycles. The van der Waals surface area contributed by atoms with E-state index in [4.69, 9.17) is 0 Å². The summed E-state index contributed by atoms with van der Waals surface area (Å²) in [5.41, 5.74) is 0. The molecular formula is C13H24N4O2S. The van der Waals surface area contributed by atoms with Gasteiger partial charge in [0.05, 0.1) is 11.8 Å². The molecule has 0 bridgehead atoms. The Morgan fingerprint density at radius 3 is 2.70 bits per heavy atom. The molecule has 0 saturated carbocycles. The van der Waals surface area contributed by atoms with Gasteiger partial charge in [0.1, 0.15) is 0 Å². The van der Waals surface area contributed by atoms with Gasteiger partial charge in [-0.25, -0.2) is 13.1 Å². The molecule has 1 N–H and O–H groups in total. The zero-order valence-corrected chi connectivity index (χ0v) is 12.8. The summed E-state index contributed by atoms with van der Waals surface area (Å²) in [5.74, 6) is 0.155. The minimum atomic E-state index is -3.04. The normalized spacial score (nSPS) is 18.4. The van der Waals surface area contributed by atoms with Crippen LogP contribution in [0.1, 0.15) is 32.2 Å². The Balaban J connectivity index is 1.63. The summed E-state index contributed by atoms with van der Waals surface area (Å²) in [6.07, 6.45) is 6.95. The quantitative estimate of drug-likeness (QED) is 0.758. The fourth-order valence-electron chi connectivity index (χ4n) is 2.54. The van der Waals surface area contributed by atoms with E-state index in [2.05, 4.69) is 14.7 Å². The predicted molar refractivity (Wildman–Crippen MR) is 79.0 cm³/mol. The average Bonchev–Trinajstić information content (AvgIpc) is 2.98. The Morgan fingerprint density at radius 2 is 2.10 bits per heavy atom. The van der Waals surface area contributed by atoms with Crippen molar-refractivity contribution in [3.05, 3.63) is 18.5 Å². The van der Waals surface area contributed by atoms with Crippen molar-refractivity contribution in [1.82, 2.24) is 19.4 Å². The zero-order valence-electron chi connectivity index (χ0n) is 12.0. The van der Waals surface area contributed by atoms with E-state index >= 15 is 0 Å². The van der Waals surface area contributed by atoms with E-state index in [0.717, 1.165) is 38.9 Å². The van der Waals surface area contributed by atoms with Crippen LogP contribution in [0.15, 0.2) is 18.5 Å². The van der Waals surface area contributed by atoms with E-state index in [9.17, 15) is 8.42 Å². The number of piperidine rings is 1. The number of sulfonamides is 1. The first-order valence-electron chi connectivity index (χ1n) is 7.29. The topological polar surface area (TPSA) is 67.2 Å². The largest absolute Gasteiger partial charge is 0.303 e. The summed E-state index contributed by atoms with van der Waals surface area (Å²) in [4.78, 5) is 2.40. The van der Waals surface area contributed by atoms with Gasteiger partial charge in [0.25, 0.3) is 0 Å². The molecule has 1 fully saturated rings. The Hall–Kier alpha value is -0.920. The predicted octanol–water partition coefficient (Wildman–Crippen LogP) is 0.849. The van der Waals surface area contributed by atoms with Crippen molar-refractivity contribution in [3.63, 3.8) is 0 Å². The van der Waals surface area contributed by atoms with Crippen molar-refractivity contribution < 1.29 is 8.42 Å². The fraction of sp³-hybridized carbons (Fsp3) is 0.769. The molecule has 1 aliphatic rings. The summed E-state index contributed by atoms with van der Waals surface area (Å²) >= 11 is 0. The van der Waals surface area contributed by atoms with Crippen molar-refractivity contribution in [2.24, 2.45) is 0 Å². The Kier molecular flexibility index (Phi) is 5.56. The molecule has 6 nitrogen and oxygen atoms in total. The molecule has 0 aromatic carbocycles. The highest BCUT2D eigenvalue weighted by atomic mass is 32.2. The van der Waals surface area contributed by atoms with Gasteiger partial charge in [0.15, 0.2) is 0 Å². The summed E-state index contributed by atoms with van der Waals surface area (Å²) in [5, 5.41) is 4.30. The Morgan fingerprint density at radius 1 is 1.35 bits per heavy atom. The number of hydrogen-bond donors (Lipinski definition) is 1. The third-order valence-corrected chi connectivity index (χ3v) is 5.21. The SMILES string of the molecule is CCS(=O)(=O)NCCCN1CCC(n2cccn2)CC1. The molecule has 114 valence electrons. The van der Waals surface area contributed by atoms with E-state index in [1.165, 1.54) is 0 Å². The van der Waals surface area contributed by atoms with E-state index in [-0.39, 0.29) is 5.75 Å². The molecule has 1 aromatic rings. The molecule has 0 radical (unpaired) electrons. The van der Waals surface area contributed by atoms with Gasteiger partial charge in [0.2, 0.25) is 10.0 Å². The fourth-order valence-corrected chi connectivity index (χ4v) is 3.20. The van der Waals surface area contributed by atoms with Gasteiger partial charge in [-0.05, 0) is 38.8 Å². The maximum atomic E-state index is 11.3. The summed E-state index contributed by atoms with van der Waals surface area (Å²) < 4.78 is 27.2. The second-order valence-corrected chi connectivity index (χ2v) is 7.31. The lowest BCUT2D eigenvalue weighted by molar-refractivity contribution is 0.179. The van der Waals surface area contributed by atoms with Crippen LogP contribution >= 0.6 is 0 Å². The molecule has 0 spiro atoms. The van der Waals surface area contributed by atoms with Crippen LogP contribution in [0, 0.1) is 0 Å². The Labute approximate surface area is 121 Å². The molecule has 7 heteroatoms. The highest BCUT2D eigenvalue weighted by Crippen LogP contribution is 2.21. The number of hydrogen-bond acceptors (Lipinski definition) is 4. The standard InChI is InChI=1S/C13H24N4O2S/c1-2-20(18,19)15-8-4-9-16-11-5-13(6-12-16)17-10-3-7-14-17/h3,7,10,13,15H,2,4-6,8-9,11-12H2,1H3. The molecule has 0 atom stereocenters. The number of nitrogens with one attached hydrogen (secondary N) is 1. The summed E-state index contributed by atoms with van der Waals surface area (Å²) in [6, 6.07) is 2.48. The van der Waals surface area contributed by atoms with Crippen LogP contribution in [0.4, 0.5) is 0 Å². The van der Waals surface area contributed by atoms with Gasteiger partial charge in [-0.2, -0.15) is 5.10 Å². The molecule has 0 amide bonds. The second kappa shape index (κ2) is 7.19. The highest BCUT2D eigenvalue weighted by Gasteiger charge is 2.20. The van der Waals surface area contributed by atoms with Gasteiger partial charge in [0, 0.05) is 32.0 Å². The van der Waals surface area contributed by atoms with Crippen LogP contribution in [-0.2, 0) is 10.0 Å². The first-order valence-corrected chi connectivity index (χ1v) is 8.95. The minimum absolute atomic E-state index is 0.155. The molecule has 0 unspecified atom stereocenters. The molecule has 1 aliphatic heterocycles. The van der Waals surface area contributed by atoms with Crippen LogP contribution in [0.25, 0.3) is 0 Å². The van der Waals surface area contributed by atoms with Crippen LogP contribution < -0.4 is 4.72 Å². The van der Waals surface area contributed by atoms with Crippen LogP contribution in [0.5, 0.6) is 0 Å². The van der Waals surface area contributed by atoms with E-state index < -0.39 is 10.0 Å². The third-order valence-electron chi connectivity index (χ3n) is 3.81. The van der Waals surface area contributed by atoms with Gasteiger partial charge in [-0.3, -0.25) is 4.68 Å². The molecular weight excluding hydrogens is 276 g/mol. The zero-order chi connectivity index (χ0) is 14.4. The second-order valence-electron chi connectivity index (χ2n) is 5.21. The molecule has 2 heterocycles.